The van der Waals surface area contributed by atoms with Gasteiger partial charge >= 0.3 is 0 Å². The lowest BCUT2D eigenvalue weighted by atomic mass is 10.2. The summed E-state index contributed by atoms with van der Waals surface area (Å²) in [5, 5.41) is 0. The molecule has 1 aliphatic rings. The third kappa shape index (κ3) is 1.37. The molecule has 0 radical (unpaired) electrons. The summed E-state index contributed by atoms with van der Waals surface area (Å²) in [6, 6.07) is 0.304. The molecule has 1 aromatic rings. The smallest absolute Gasteiger partial charge is 0.292 e. The zero-order chi connectivity index (χ0) is 7.84. The van der Waals surface area contributed by atoms with Crippen LogP contribution in [0.5, 0.6) is 0 Å². The fourth-order valence-corrected chi connectivity index (χ4v) is 1.22. The number of nitrogens with zero attached hydrogens (tertiary/aromatic N) is 1. The average molecular weight is 152 g/mol. The predicted molar refractivity (Wildman–Crippen MR) is 42.1 cm³/mol. The van der Waals surface area contributed by atoms with Crippen LogP contribution < -0.4 is 5.73 Å². The van der Waals surface area contributed by atoms with Gasteiger partial charge in [0.2, 0.25) is 0 Å². The Labute approximate surface area is 65.6 Å². The van der Waals surface area contributed by atoms with Gasteiger partial charge in [0.15, 0.2) is 0 Å². The fraction of sp³-hybridized carbons (Fsp3) is 0.625. The second-order valence-corrected chi connectivity index (χ2v) is 3.21. The molecule has 1 saturated carbocycles. The van der Waals surface area contributed by atoms with Crippen molar-refractivity contribution in [2.24, 2.45) is 5.92 Å². The molecule has 1 aromatic heterocycles. The van der Waals surface area contributed by atoms with Crippen LogP contribution in [0.2, 0.25) is 0 Å². The van der Waals surface area contributed by atoms with Crippen LogP contribution in [0.4, 0.5) is 6.01 Å². The number of aryl methyl sites for hydroxylation is 1. The summed E-state index contributed by atoms with van der Waals surface area (Å²) in [6.07, 6.45) is 3.69. The van der Waals surface area contributed by atoms with Crippen molar-refractivity contribution in [1.82, 2.24) is 4.98 Å². The first kappa shape index (κ1) is 6.70. The Bertz CT molecular complexity index is 263. The largest absolute Gasteiger partial charge is 0.429 e. The van der Waals surface area contributed by atoms with E-state index in [2.05, 4.69) is 4.98 Å². The Morgan fingerprint density at radius 2 is 2.36 bits per heavy atom. The van der Waals surface area contributed by atoms with Gasteiger partial charge in [-0.3, -0.25) is 0 Å². The lowest BCUT2D eigenvalue weighted by Gasteiger charge is -1.91. The van der Waals surface area contributed by atoms with Crippen LogP contribution >= 0.6 is 0 Å². The predicted octanol–water partition coefficient (Wildman–Crippen LogP) is 1.52. The zero-order valence-corrected chi connectivity index (χ0v) is 6.63. The summed E-state index contributed by atoms with van der Waals surface area (Å²) in [4.78, 5) is 4.00. The zero-order valence-electron chi connectivity index (χ0n) is 6.63. The number of aromatic nitrogens is 1. The van der Waals surface area contributed by atoms with Gasteiger partial charge in [0.1, 0.15) is 5.76 Å². The molecule has 0 unspecified atom stereocenters. The van der Waals surface area contributed by atoms with Gasteiger partial charge in [-0.05, 0) is 25.7 Å². The van der Waals surface area contributed by atoms with Crippen molar-refractivity contribution < 1.29 is 4.42 Å². The molecular formula is C8H12N2O. The molecule has 0 spiro atoms. The molecule has 0 amide bonds. The molecule has 60 valence electrons. The molecular weight excluding hydrogens is 140 g/mol. The summed E-state index contributed by atoms with van der Waals surface area (Å²) < 4.78 is 5.23. The summed E-state index contributed by atoms with van der Waals surface area (Å²) in [5.74, 6) is 1.81. The molecule has 2 N–H and O–H groups in total. The lowest BCUT2D eigenvalue weighted by molar-refractivity contribution is 0.507. The summed E-state index contributed by atoms with van der Waals surface area (Å²) in [6.45, 7) is 1.94. The molecule has 0 atom stereocenters. The Balaban J connectivity index is 2.14. The van der Waals surface area contributed by atoms with E-state index in [4.69, 9.17) is 10.2 Å². The van der Waals surface area contributed by atoms with Gasteiger partial charge in [0, 0.05) is 6.42 Å². The molecule has 0 saturated heterocycles. The van der Waals surface area contributed by atoms with E-state index >= 15 is 0 Å². The highest BCUT2D eigenvalue weighted by Crippen LogP contribution is 2.33. The van der Waals surface area contributed by atoms with Crippen LogP contribution in [0, 0.1) is 12.8 Å². The highest BCUT2D eigenvalue weighted by Gasteiger charge is 2.24. The number of hydrogen-bond donors (Lipinski definition) is 1. The highest BCUT2D eigenvalue weighted by atomic mass is 16.4. The van der Waals surface area contributed by atoms with Gasteiger partial charge in [-0.15, -0.1) is 0 Å². The molecule has 3 nitrogen and oxygen atoms in total. The van der Waals surface area contributed by atoms with Crippen LogP contribution in [0.15, 0.2) is 4.42 Å². The fourth-order valence-electron chi connectivity index (χ4n) is 1.22. The first-order valence-electron chi connectivity index (χ1n) is 3.97. The van der Waals surface area contributed by atoms with Crippen LogP contribution in [0.1, 0.15) is 24.3 Å². The second-order valence-electron chi connectivity index (χ2n) is 3.21. The van der Waals surface area contributed by atoms with Gasteiger partial charge < -0.3 is 10.2 Å². The van der Waals surface area contributed by atoms with Crippen molar-refractivity contribution in [2.75, 3.05) is 5.73 Å². The quantitative estimate of drug-likeness (QED) is 0.699. The minimum atomic E-state index is 0.304. The molecule has 1 fully saturated rings. The standard InChI is InChI=1S/C8H12N2O/c1-5-7(4-6-2-3-6)11-8(9)10-5/h6H,2-4H2,1H3,(H2,9,10). The topological polar surface area (TPSA) is 52.0 Å². The van der Waals surface area contributed by atoms with Crippen molar-refractivity contribution in [2.45, 2.75) is 26.2 Å². The maximum Gasteiger partial charge on any atom is 0.292 e. The van der Waals surface area contributed by atoms with Crippen LogP contribution in [-0.2, 0) is 6.42 Å². The van der Waals surface area contributed by atoms with Crippen molar-refractivity contribution in [3.8, 4) is 0 Å². The van der Waals surface area contributed by atoms with E-state index in [1.165, 1.54) is 12.8 Å². The second kappa shape index (κ2) is 2.26. The normalized spacial score (nSPS) is 17.2. The Kier molecular flexibility index (Phi) is 1.37. The maximum atomic E-state index is 5.40. The number of rotatable bonds is 2. The van der Waals surface area contributed by atoms with E-state index in [0.717, 1.165) is 23.8 Å². The number of oxazole rings is 1. The van der Waals surface area contributed by atoms with E-state index < -0.39 is 0 Å². The van der Waals surface area contributed by atoms with E-state index in [1.54, 1.807) is 0 Å². The van der Waals surface area contributed by atoms with Crippen molar-refractivity contribution in [3.05, 3.63) is 11.5 Å². The minimum absolute atomic E-state index is 0.304. The van der Waals surface area contributed by atoms with Crippen LogP contribution in [0.3, 0.4) is 0 Å². The summed E-state index contributed by atoms with van der Waals surface area (Å²) in [7, 11) is 0. The maximum absolute atomic E-state index is 5.40. The first-order valence-corrected chi connectivity index (χ1v) is 3.97. The van der Waals surface area contributed by atoms with Crippen molar-refractivity contribution in [3.63, 3.8) is 0 Å². The van der Waals surface area contributed by atoms with E-state index in [0.29, 0.717) is 6.01 Å². The third-order valence-electron chi connectivity index (χ3n) is 2.08. The van der Waals surface area contributed by atoms with Gasteiger partial charge in [0.25, 0.3) is 6.01 Å². The Morgan fingerprint density at radius 3 is 2.82 bits per heavy atom. The monoisotopic (exact) mass is 152 g/mol. The summed E-state index contributed by atoms with van der Waals surface area (Å²) >= 11 is 0. The Morgan fingerprint density at radius 1 is 1.64 bits per heavy atom. The number of hydrogen-bond acceptors (Lipinski definition) is 3. The summed E-state index contributed by atoms with van der Waals surface area (Å²) in [5.41, 5.74) is 6.35. The third-order valence-corrected chi connectivity index (χ3v) is 2.08. The average Bonchev–Trinajstić information content (AvgIpc) is 2.64. The minimum Gasteiger partial charge on any atom is -0.429 e. The number of anilines is 1. The van der Waals surface area contributed by atoms with Gasteiger partial charge in [-0.1, -0.05) is 0 Å². The van der Waals surface area contributed by atoms with Gasteiger partial charge in [0.05, 0.1) is 5.69 Å². The van der Waals surface area contributed by atoms with Crippen LogP contribution in [-0.4, -0.2) is 4.98 Å². The highest BCUT2D eigenvalue weighted by molar-refractivity contribution is 5.19. The van der Waals surface area contributed by atoms with E-state index in [9.17, 15) is 0 Å². The molecule has 0 aliphatic heterocycles. The molecule has 1 aliphatic carbocycles. The Hall–Kier alpha value is -0.990. The van der Waals surface area contributed by atoms with Crippen molar-refractivity contribution in [1.29, 1.82) is 0 Å². The SMILES string of the molecule is Cc1nc(N)oc1CC1CC1. The number of nitrogens with two attached hydrogens (primary N) is 1. The lowest BCUT2D eigenvalue weighted by Crippen LogP contribution is -1.86. The molecule has 1 heterocycles. The van der Waals surface area contributed by atoms with Crippen molar-refractivity contribution >= 4 is 6.01 Å². The van der Waals surface area contributed by atoms with Gasteiger partial charge in [-0.25, -0.2) is 0 Å². The van der Waals surface area contributed by atoms with E-state index in [1.807, 2.05) is 6.92 Å². The van der Waals surface area contributed by atoms with Crippen LogP contribution in [0.25, 0.3) is 0 Å². The molecule has 0 aromatic carbocycles. The number of nitrogen functional groups attached to an aromatic ring is 1. The molecule has 3 heteroatoms. The molecule has 2 rings (SSSR count). The first-order chi connectivity index (χ1) is 5.25. The van der Waals surface area contributed by atoms with E-state index in [-0.39, 0.29) is 0 Å². The molecule has 0 bridgehead atoms. The molecule has 11 heavy (non-hydrogen) atoms. The van der Waals surface area contributed by atoms with Gasteiger partial charge in [-0.2, -0.15) is 4.98 Å².